The third-order valence-corrected chi connectivity index (χ3v) is 3.12. The van der Waals surface area contributed by atoms with Crippen molar-refractivity contribution in [1.82, 2.24) is 10.2 Å². The molecule has 7 heteroatoms. The van der Waals surface area contributed by atoms with Gasteiger partial charge in [0.2, 0.25) is 0 Å². The number of nitrogens with one attached hydrogen (secondary N) is 1. The van der Waals surface area contributed by atoms with Gasteiger partial charge in [-0.25, -0.2) is 4.39 Å². The number of rotatable bonds is 3. The minimum atomic E-state index is -0.496. The quantitative estimate of drug-likeness (QED) is 0.746. The first-order chi connectivity index (χ1) is 8.22. The zero-order valence-electron chi connectivity index (χ0n) is 10.4. The molecule has 19 heavy (non-hydrogen) atoms. The van der Waals surface area contributed by atoms with Gasteiger partial charge in [-0.15, -0.1) is 24.8 Å². The van der Waals surface area contributed by atoms with Crippen molar-refractivity contribution < 1.29 is 14.6 Å². The fourth-order valence-corrected chi connectivity index (χ4v) is 2.14. The molecule has 0 saturated carbocycles. The van der Waals surface area contributed by atoms with Gasteiger partial charge in [-0.1, -0.05) is 6.07 Å². The first-order valence-electron chi connectivity index (χ1n) is 5.75. The van der Waals surface area contributed by atoms with Crippen molar-refractivity contribution in [1.29, 1.82) is 0 Å². The topological polar surface area (TPSA) is 55.7 Å². The highest BCUT2D eigenvalue weighted by molar-refractivity contribution is 5.85. The molecule has 1 aliphatic rings. The standard InChI is InChI=1S/C12H17FN2O2.2ClH/c13-8-10(15-5-3-14-4-6-15)9-1-2-11(16)12(17)7-9;;/h1-2,7,10,14,16-17H,3-6,8H2;2*1H/t10-;;/m0../s1. The Morgan fingerprint density at radius 1 is 1.16 bits per heavy atom. The van der Waals surface area contributed by atoms with E-state index in [1.165, 1.54) is 12.1 Å². The summed E-state index contributed by atoms with van der Waals surface area (Å²) in [6.07, 6.45) is 0. The number of phenols is 2. The number of nitrogens with zero attached hydrogens (tertiary/aromatic N) is 1. The van der Waals surface area contributed by atoms with Crippen LogP contribution in [0.15, 0.2) is 18.2 Å². The van der Waals surface area contributed by atoms with Crippen LogP contribution in [0.3, 0.4) is 0 Å². The summed E-state index contributed by atoms with van der Waals surface area (Å²) >= 11 is 0. The number of piperazine rings is 1. The molecule has 0 unspecified atom stereocenters. The molecule has 1 aromatic carbocycles. The fourth-order valence-electron chi connectivity index (χ4n) is 2.14. The Labute approximate surface area is 124 Å². The molecule has 3 N–H and O–H groups in total. The van der Waals surface area contributed by atoms with Crippen LogP contribution in [0.25, 0.3) is 0 Å². The first kappa shape index (κ1) is 18.2. The van der Waals surface area contributed by atoms with Crippen molar-refractivity contribution in [2.45, 2.75) is 6.04 Å². The predicted octanol–water partition coefficient (Wildman–Crippen LogP) is 1.86. The molecule has 1 heterocycles. The van der Waals surface area contributed by atoms with Gasteiger partial charge in [0.15, 0.2) is 11.5 Å². The van der Waals surface area contributed by atoms with Gasteiger partial charge in [0.25, 0.3) is 0 Å². The van der Waals surface area contributed by atoms with Crippen LogP contribution in [0.5, 0.6) is 11.5 Å². The lowest BCUT2D eigenvalue weighted by Gasteiger charge is -2.33. The number of hydrogen-bond donors (Lipinski definition) is 3. The highest BCUT2D eigenvalue weighted by atomic mass is 35.5. The summed E-state index contributed by atoms with van der Waals surface area (Å²) in [5, 5.41) is 21.9. The van der Waals surface area contributed by atoms with Crippen LogP contribution in [0.4, 0.5) is 4.39 Å². The van der Waals surface area contributed by atoms with E-state index < -0.39 is 6.67 Å². The molecule has 0 radical (unpaired) electrons. The molecule has 0 aliphatic carbocycles. The second kappa shape index (κ2) is 8.43. The SMILES string of the molecule is Cl.Cl.Oc1ccc([C@H](CF)N2CCNCC2)cc1O. The van der Waals surface area contributed by atoms with Gasteiger partial charge >= 0.3 is 0 Å². The molecule has 110 valence electrons. The Morgan fingerprint density at radius 3 is 2.32 bits per heavy atom. The molecule has 1 fully saturated rings. The molecular weight excluding hydrogens is 294 g/mol. The lowest BCUT2D eigenvalue weighted by Crippen LogP contribution is -2.45. The summed E-state index contributed by atoms with van der Waals surface area (Å²) < 4.78 is 13.2. The maximum absolute atomic E-state index is 13.2. The molecule has 1 aliphatic heterocycles. The Balaban J connectivity index is 0.00000162. The predicted molar refractivity (Wildman–Crippen MR) is 77.4 cm³/mol. The summed E-state index contributed by atoms with van der Waals surface area (Å²) in [7, 11) is 0. The van der Waals surface area contributed by atoms with E-state index in [1.54, 1.807) is 6.07 Å². The van der Waals surface area contributed by atoms with E-state index in [-0.39, 0.29) is 42.4 Å². The first-order valence-corrected chi connectivity index (χ1v) is 5.75. The molecule has 4 nitrogen and oxygen atoms in total. The molecule has 0 aromatic heterocycles. The van der Waals surface area contributed by atoms with Crippen LogP contribution < -0.4 is 5.32 Å². The Morgan fingerprint density at radius 2 is 1.79 bits per heavy atom. The van der Waals surface area contributed by atoms with Crippen molar-refractivity contribution >= 4 is 24.8 Å². The largest absolute Gasteiger partial charge is 0.504 e. The van der Waals surface area contributed by atoms with Gasteiger partial charge in [-0.3, -0.25) is 4.90 Å². The number of benzene rings is 1. The highest BCUT2D eigenvalue weighted by Gasteiger charge is 2.22. The van der Waals surface area contributed by atoms with Crippen LogP contribution in [0, 0.1) is 0 Å². The fraction of sp³-hybridized carbons (Fsp3) is 0.500. The second-order valence-electron chi connectivity index (χ2n) is 4.20. The van der Waals surface area contributed by atoms with Crippen molar-refractivity contribution in [3.63, 3.8) is 0 Å². The number of halogens is 3. The van der Waals surface area contributed by atoms with Crippen molar-refractivity contribution in [2.75, 3.05) is 32.9 Å². The summed E-state index contributed by atoms with van der Waals surface area (Å²) in [6.45, 7) is 2.78. The van der Waals surface area contributed by atoms with E-state index in [0.29, 0.717) is 5.56 Å². The molecule has 0 bridgehead atoms. The Kier molecular flexibility index (Phi) is 8.09. The second-order valence-corrected chi connectivity index (χ2v) is 4.20. The molecule has 0 amide bonds. The van der Waals surface area contributed by atoms with Crippen LogP contribution >= 0.6 is 24.8 Å². The minimum absolute atomic E-state index is 0. The van der Waals surface area contributed by atoms with Crippen LogP contribution in [-0.4, -0.2) is 48.0 Å². The van der Waals surface area contributed by atoms with E-state index in [0.717, 1.165) is 26.2 Å². The Hall–Kier alpha value is -0.750. The van der Waals surface area contributed by atoms with Gasteiger partial charge in [0.1, 0.15) is 6.67 Å². The third kappa shape index (κ3) is 4.38. The van der Waals surface area contributed by atoms with Crippen molar-refractivity contribution in [3.8, 4) is 11.5 Å². The number of alkyl halides is 1. The maximum Gasteiger partial charge on any atom is 0.157 e. The van der Waals surface area contributed by atoms with Gasteiger partial charge < -0.3 is 15.5 Å². The van der Waals surface area contributed by atoms with Gasteiger partial charge in [0.05, 0.1) is 6.04 Å². The molecule has 1 atom stereocenters. The summed E-state index contributed by atoms with van der Waals surface area (Å²) in [5.74, 6) is -0.372. The molecular formula is C12H19Cl2FN2O2. The average Bonchev–Trinajstić information content (AvgIpc) is 2.36. The normalized spacial score (nSPS) is 17.1. The van der Waals surface area contributed by atoms with Gasteiger partial charge in [-0.05, 0) is 17.7 Å². The van der Waals surface area contributed by atoms with E-state index in [9.17, 15) is 14.6 Å². The number of hydrogen-bond acceptors (Lipinski definition) is 4. The summed E-state index contributed by atoms with van der Waals surface area (Å²) in [6, 6.07) is 4.14. The molecule has 0 spiro atoms. The van der Waals surface area contributed by atoms with E-state index >= 15 is 0 Å². The zero-order chi connectivity index (χ0) is 12.3. The maximum atomic E-state index is 13.2. The minimum Gasteiger partial charge on any atom is -0.504 e. The van der Waals surface area contributed by atoms with E-state index in [1.807, 2.05) is 4.90 Å². The average molecular weight is 313 g/mol. The zero-order valence-corrected chi connectivity index (χ0v) is 12.0. The van der Waals surface area contributed by atoms with Gasteiger partial charge in [-0.2, -0.15) is 0 Å². The van der Waals surface area contributed by atoms with Crippen LogP contribution in [0.2, 0.25) is 0 Å². The van der Waals surface area contributed by atoms with Crippen molar-refractivity contribution in [2.24, 2.45) is 0 Å². The molecule has 1 saturated heterocycles. The van der Waals surface area contributed by atoms with Crippen LogP contribution in [-0.2, 0) is 0 Å². The third-order valence-electron chi connectivity index (χ3n) is 3.12. The van der Waals surface area contributed by atoms with E-state index in [4.69, 9.17) is 0 Å². The van der Waals surface area contributed by atoms with E-state index in [2.05, 4.69) is 5.32 Å². The lowest BCUT2D eigenvalue weighted by molar-refractivity contribution is 0.147. The van der Waals surface area contributed by atoms with Crippen LogP contribution in [0.1, 0.15) is 11.6 Å². The van der Waals surface area contributed by atoms with Gasteiger partial charge in [0, 0.05) is 26.2 Å². The highest BCUT2D eigenvalue weighted by Crippen LogP contribution is 2.30. The number of aromatic hydroxyl groups is 2. The molecule has 1 aromatic rings. The monoisotopic (exact) mass is 312 g/mol. The summed E-state index contributed by atoms with van der Waals surface area (Å²) in [4.78, 5) is 2.04. The smallest absolute Gasteiger partial charge is 0.157 e. The van der Waals surface area contributed by atoms with Crippen molar-refractivity contribution in [3.05, 3.63) is 23.8 Å². The number of phenolic OH excluding ortho intramolecular Hbond substituents is 2. The molecule has 2 rings (SSSR count). The Bertz CT molecular complexity index is 390. The lowest BCUT2D eigenvalue weighted by atomic mass is 10.0. The summed E-state index contributed by atoms with van der Waals surface area (Å²) in [5.41, 5.74) is 0.699.